The van der Waals surface area contributed by atoms with Crippen molar-refractivity contribution in [1.29, 1.82) is 0 Å². The highest BCUT2D eigenvalue weighted by Gasteiger charge is 2.06. The van der Waals surface area contributed by atoms with Gasteiger partial charge in [-0.15, -0.1) is 0 Å². The summed E-state index contributed by atoms with van der Waals surface area (Å²) in [6, 6.07) is 6.91. The summed E-state index contributed by atoms with van der Waals surface area (Å²) in [5.74, 6) is 1.59. The largest absolute Gasteiger partial charge is 0.772 e. The fourth-order valence-corrected chi connectivity index (χ4v) is 2.48. The SMILES string of the molecule is Cc1nc(CN)cc(Oc2ccc(CS(=O)[O-])c(C)c2)n1. The molecular formula is C14H16N3O3S-. The molecule has 1 aromatic heterocycles. The Labute approximate surface area is 125 Å². The molecule has 21 heavy (non-hydrogen) atoms. The fourth-order valence-electron chi connectivity index (χ4n) is 1.90. The normalized spacial score (nSPS) is 12.2. The van der Waals surface area contributed by atoms with Gasteiger partial charge in [0.2, 0.25) is 5.88 Å². The molecule has 0 amide bonds. The van der Waals surface area contributed by atoms with Crippen LogP contribution in [0.25, 0.3) is 0 Å². The van der Waals surface area contributed by atoms with Gasteiger partial charge >= 0.3 is 0 Å². The number of aryl methyl sites for hydroxylation is 2. The van der Waals surface area contributed by atoms with E-state index in [9.17, 15) is 8.76 Å². The van der Waals surface area contributed by atoms with Crippen molar-refractivity contribution in [2.75, 3.05) is 0 Å². The molecule has 0 bridgehead atoms. The molecule has 2 aromatic rings. The van der Waals surface area contributed by atoms with Gasteiger partial charge in [-0.2, -0.15) is 4.98 Å². The second-order valence-electron chi connectivity index (χ2n) is 4.59. The topological polar surface area (TPSA) is 101 Å². The Morgan fingerprint density at radius 3 is 2.67 bits per heavy atom. The second-order valence-corrected chi connectivity index (χ2v) is 5.48. The Hall–Kier alpha value is -1.83. The minimum Gasteiger partial charge on any atom is -0.772 e. The van der Waals surface area contributed by atoms with Crippen molar-refractivity contribution in [2.24, 2.45) is 5.73 Å². The monoisotopic (exact) mass is 306 g/mol. The van der Waals surface area contributed by atoms with Crippen LogP contribution in [0.4, 0.5) is 0 Å². The lowest BCUT2D eigenvalue weighted by atomic mass is 10.1. The molecule has 0 saturated carbocycles. The number of nitrogens with zero attached hydrogens (tertiary/aromatic N) is 2. The first-order valence-corrected chi connectivity index (χ1v) is 7.60. The van der Waals surface area contributed by atoms with Gasteiger partial charge < -0.3 is 15.0 Å². The second kappa shape index (κ2) is 6.75. The summed E-state index contributed by atoms with van der Waals surface area (Å²) >= 11 is -2.10. The molecule has 1 heterocycles. The molecule has 0 spiro atoms. The van der Waals surface area contributed by atoms with E-state index in [1.165, 1.54) is 0 Å². The highest BCUT2D eigenvalue weighted by atomic mass is 32.2. The van der Waals surface area contributed by atoms with Crippen molar-refractivity contribution < 1.29 is 13.5 Å². The number of rotatable bonds is 5. The molecule has 2 rings (SSSR count). The first-order valence-electron chi connectivity index (χ1n) is 6.36. The minimum absolute atomic E-state index is 0.00392. The zero-order chi connectivity index (χ0) is 15.4. The van der Waals surface area contributed by atoms with E-state index in [0.29, 0.717) is 29.7 Å². The number of hydrogen-bond acceptors (Lipinski definition) is 6. The summed E-state index contributed by atoms with van der Waals surface area (Å²) in [4.78, 5) is 8.36. The molecule has 0 aliphatic carbocycles. The van der Waals surface area contributed by atoms with Crippen molar-refractivity contribution in [2.45, 2.75) is 26.1 Å². The predicted molar refractivity (Wildman–Crippen MR) is 78.5 cm³/mol. The maximum absolute atomic E-state index is 10.7. The van der Waals surface area contributed by atoms with Gasteiger partial charge in [0.15, 0.2) is 0 Å². The van der Waals surface area contributed by atoms with Crippen molar-refractivity contribution in [3.8, 4) is 11.6 Å². The van der Waals surface area contributed by atoms with Gasteiger partial charge in [-0.05, 0) is 37.1 Å². The summed E-state index contributed by atoms with van der Waals surface area (Å²) in [6.07, 6.45) is 0. The van der Waals surface area contributed by atoms with E-state index in [-0.39, 0.29) is 5.75 Å². The van der Waals surface area contributed by atoms with Crippen molar-refractivity contribution in [1.82, 2.24) is 9.97 Å². The molecule has 1 aromatic carbocycles. The number of nitrogens with two attached hydrogens (primary N) is 1. The van der Waals surface area contributed by atoms with E-state index in [1.54, 1.807) is 31.2 Å². The van der Waals surface area contributed by atoms with Crippen molar-refractivity contribution >= 4 is 11.1 Å². The fraction of sp³-hybridized carbons (Fsp3) is 0.286. The zero-order valence-corrected chi connectivity index (χ0v) is 12.6. The first-order chi connectivity index (χ1) is 9.97. The van der Waals surface area contributed by atoms with E-state index in [4.69, 9.17) is 10.5 Å². The molecular weight excluding hydrogens is 290 g/mol. The lowest BCUT2D eigenvalue weighted by Gasteiger charge is -2.11. The molecule has 2 N–H and O–H groups in total. The van der Waals surface area contributed by atoms with Gasteiger partial charge in [-0.25, -0.2) is 4.98 Å². The molecule has 0 fully saturated rings. The summed E-state index contributed by atoms with van der Waals surface area (Å²) < 4.78 is 27.2. The lowest BCUT2D eigenvalue weighted by Crippen LogP contribution is -2.03. The summed E-state index contributed by atoms with van der Waals surface area (Å²) in [5, 5.41) is 0. The predicted octanol–water partition coefficient (Wildman–Crippen LogP) is 1.72. The summed E-state index contributed by atoms with van der Waals surface area (Å²) in [6.45, 7) is 3.92. The minimum atomic E-state index is -2.10. The van der Waals surface area contributed by atoms with Gasteiger partial charge in [-0.3, -0.25) is 4.21 Å². The number of aromatic nitrogens is 2. The van der Waals surface area contributed by atoms with Crippen LogP contribution in [-0.2, 0) is 23.4 Å². The third kappa shape index (κ3) is 4.32. The smallest absolute Gasteiger partial charge is 0.222 e. The molecule has 0 saturated heterocycles. The molecule has 1 unspecified atom stereocenters. The molecule has 112 valence electrons. The van der Waals surface area contributed by atoms with Crippen LogP contribution in [-0.4, -0.2) is 18.7 Å². The van der Waals surface area contributed by atoms with Crippen LogP contribution in [0.15, 0.2) is 24.3 Å². The van der Waals surface area contributed by atoms with Crippen LogP contribution >= 0.6 is 0 Å². The van der Waals surface area contributed by atoms with Crippen molar-refractivity contribution in [3.63, 3.8) is 0 Å². The molecule has 0 aliphatic heterocycles. The summed E-state index contributed by atoms with van der Waals surface area (Å²) in [5.41, 5.74) is 7.86. The quantitative estimate of drug-likeness (QED) is 0.844. The third-order valence-corrected chi connectivity index (χ3v) is 3.43. The highest BCUT2D eigenvalue weighted by Crippen LogP contribution is 2.23. The highest BCUT2D eigenvalue weighted by molar-refractivity contribution is 7.78. The standard InChI is InChI=1S/C14H17N3O3S/c1-9-5-13(4-3-11(9)8-21(18)19)20-14-6-12(7-15)16-10(2)17-14/h3-6H,7-8,15H2,1-2H3,(H,18,19)/p-1. The zero-order valence-electron chi connectivity index (χ0n) is 11.8. The van der Waals surface area contributed by atoms with Crippen LogP contribution in [0.2, 0.25) is 0 Å². The molecule has 0 radical (unpaired) electrons. The maximum atomic E-state index is 10.7. The Bertz CT molecular complexity index is 677. The Kier molecular flexibility index (Phi) is 5.00. The molecule has 1 atom stereocenters. The maximum Gasteiger partial charge on any atom is 0.222 e. The Morgan fingerprint density at radius 2 is 2.05 bits per heavy atom. The molecule has 6 nitrogen and oxygen atoms in total. The van der Waals surface area contributed by atoms with E-state index < -0.39 is 11.1 Å². The number of ether oxygens (including phenoxy) is 1. The van der Waals surface area contributed by atoms with Gasteiger partial charge in [-0.1, -0.05) is 17.1 Å². The molecule has 7 heteroatoms. The number of benzene rings is 1. The lowest BCUT2D eigenvalue weighted by molar-refractivity contribution is 0.458. The van der Waals surface area contributed by atoms with Crippen LogP contribution in [0.3, 0.4) is 0 Å². The van der Waals surface area contributed by atoms with Crippen LogP contribution in [0.5, 0.6) is 11.6 Å². The summed E-state index contributed by atoms with van der Waals surface area (Å²) in [7, 11) is 0. The third-order valence-electron chi connectivity index (χ3n) is 2.89. The Morgan fingerprint density at radius 1 is 1.29 bits per heavy atom. The first kappa shape index (κ1) is 15.6. The van der Waals surface area contributed by atoms with E-state index >= 15 is 0 Å². The van der Waals surface area contributed by atoms with Crippen LogP contribution in [0, 0.1) is 13.8 Å². The van der Waals surface area contributed by atoms with E-state index in [1.807, 2.05) is 6.92 Å². The van der Waals surface area contributed by atoms with Crippen LogP contribution < -0.4 is 10.5 Å². The van der Waals surface area contributed by atoms with Gasteiger partial charge in [0, 0.05) is 18.4 Å². The van der Waals surface area contributed by atoms with Gasteiger partial charge in [0.1, 0.15) is 11.6 Å². The average molecular weight is 306 g/mol. The van der Waals surface area contributed by atoms with Gasteiger partial charge in [0.05, 0.1) is 5.69 Å². The molecule has 0 aliphatic rings. The average Bonchev–Trinajstić information content (AvgIpc) is 2.41. The van der Waals surface area contributed by atoms with E-state index in [0.717, 1.165) is 11.1 Å². The van der Waals surface area contributed by atoms with E-state index in [2.05, 4.69) is 9.97 Å². The van der Waals surface area contributed by atoms with Crippen LogP contribution in [0.1, 0.15) is 22.6 Å². The van der Waals surface area contributed by atoms with Crippen molar-refractivity contribution in [3.05, 3.63) is 46.9 Å². The number of hydrogen-bond donors (Lipinski definition) is 1. The van der Waals surface area contributed by atoms with Gasteiger partial charge in [0.25, 0.3) is 0 Å². The Balaban J connectivity index is 2.22.